The Balaban J connectivity index is 3.13. The van der Waals surface area contributed by atoms with E-state index in [1.807, 2.05) is 0 Å². The zero-order valence-corrected chi connectivity index (χ0v) is 13.9. The molecule has 1 unspecified atom stereocenters. The first-order valence-corrected chi connectivity index (χ1v) is 8.56. The molecule has 128 valence electrons. The minimum absolute atomic E-state index is 0.0837. The molecule has 0 aliphatic heterocycles. The molecule has 1 rings (SSSR count). The zero-order chi connectivity index (χ0) is 17.8. The molecule has 0 aliphatic rings. The van der Waals surface area contributed by atoms with E-state index >= 15 is 0 Å². The molecule has 23 heavy (non-hydrogen) atoms. The molecule has 0 saturated heterocycles. The number of aliphatic carboxylic acids is 1. The Labute approximate surface area is 135 Å². The second kappa shape index (κ2) is 7.48. The predicted octanol–water partition coefficient (Wildman–Crippen LogP) is 0.256. The van der Waals surface area contributed by atoms with Gasteiger partial charge in [0.05, 0.1) is 4.92 Å². The normalized spacial score (nSPS) is 12.8. The number of nitrogens with one attached hydrogen (secondary N) is 1. The molecule has 0 fully saturated rings. The van der Waals surface area contributed by atoms with Crippen LogP contribution in [0.4, 0.5) is 5.00 Å². The van der Waals surface area contributed by atoms with Crippen LogP contribution < -0.4 is 5.32 Å². The second-order valence-electron chi connectivity index (χ2n) is 4.46. The summed E-state index contributed by atoms with van der Waals surface area (Å²) in [5.74, 6) is -1.76. The fraction of sp³-hybridized carbons (Fsp3) is 0.455. The number of carbonyl (C=O) groups excluding carboxylic acids is 1. The van der Waals surface area contributed by atoms with Gasteiger partial charge in [0.1, 0.15) is 10.3 Å². The number of amides is 1. The van der Waals surface area contributed by atoms with Crippen molar-refractivity contribution in [1.82, 2.24) is 9.62 Å². The molecule has 0 bridgehead atoms. The highest BCUT2D eigenvalue weighted by atomic mass is 32.2. The SMILES string of the molecule is CC(=O)NCCN(C(C)C(=O)O)S(=O)(=O)c1ccc([N+](=O)[O-])s1. The number of carboxylic acids is 1. The summed E-state index contributed by atoms with van der Waals surface area (Å²) in [6.07, 6.45) is 0. The molecule has 10 nitrogen and oxygen atoms in total. The summed E-state index contributed by atoms with van der Waals surface area (Å²) < 4.78 is 25.4. The Morgan fingerprint density at radius 3 is 2.52 bits per heavy atom. The minimum atomic E-state index is -4.24. The molecule has 12 heteroatoms. The molecular formula is C11H15N3O7S2. The fourth-order valence-corrected chi connectivity index (χ4v) is 4.48. The quantitative estimate of drug-likeness (QED) is 0.496. The van der Waals surface area contributed by atoms with E-state index in [1.54, 1.807) is 0 Å². The van der Waals surface area contributed by atoms with Crippen LogP contribution in [0.15, 0.2) is 16.3 Å². The summed E-state index contributed by atoms with van der Waals surface area (Å²) in [6, 6.07) is 0.697. The van der Waals surface area contributed by atoms with Crippen molar-refractivity contribution in [2.45, 2.75) is 24.1 Å². The average Bonchev–Trinajstić information content (AvgIpc) is 2.92. The molecule has 1 atom stereocenters. The average molecular weight is 365 g/mol. The summed E-state index contributed by atoms with van der Waals surface area (Å²) in [5, 5.41) is 21.7. The number of hydrogen-bond acceptors (Lipinski definition) is 7. The summed E-state index contributed by atoms with van der Waals surface area (Å²) in [6.45, 7) is 2.05. The van der Waals surface area contributed by atoms with E-state index in [0.717, 1.165) is 12.1 Å². The molecular weight excluding hydrogens is 350 g/mol. The van der Waals surface area contributed by atoms with E-state index in [1.165, 1.54) is 13.8 Å². The number of sulfonamides is 1. The van der Waals surface area contributed by atoms with E-state index in [4.69, 9.17) is 5.11 Å². The molecule has 0 aliphatic carbocycles. The van der Waals surface area contributed by atoms with Crippen LogP contribution in [-0.4, -0.2) is 53.8 Å². The van der Waals surface area contributed by atoms with Gasteiger partial charge in [0.2, 0.25) is 5.91 Å². The molecule has 1 aromatic heterocycles. The molecule has 1 heterocycles. The van der Waals surface area contributed by atoms with Crippen molar-refractivity contribution in [3.05, 3.63) is 22.2 Å². The van der Waals surface area contributed by atoms with Crippen molar-refractivity contribution in [2.75, 3.05) is 13.1 Å². The molecule has 1 amide bonds. The predicted molar refractivity (Wildman–Crippen MR) is 80.6 cm³/mol. The molecule has 0 spiro atoms. The monoisotopic (exact) mass is 365 g/mol. The fourth-order valence-electron chi connectivity index (χ4n) is 1.65. The van der Waals surface area contributed by atoms with E-state index in [-0.39, 0.29) is 22.3 Å². The van der Waals surface area contributed by atoms with Gasteiger partial charge in [-0.1, -0.05) is 0 Å². The Hall–Kier alpha value is -2.05. The molecule has 0 radical (unpaired) electrons. The Kier molecular flexibility index (Phi) is 6.18. The maximum atomic E-state index is 12.5. The number of rotatable bonds is 8. The number of hydrogen-bond donors (Lipinski definition) is 2. The summed E-state index contributed by atoms with van der Waals surface area (Å²) in [7, 11) is -4.24. The van der Waals surface area contributed by atoms with Gasteiger partial charge in [-0.05, 0) is 24.3 Å². The van der Waals surface area contributed by atoms with Crippen LogP contribution in [0.25, 0.3) is 0 Å². The first-order valence-electron chi connectivity index (χ1n) is 6.30. The molecule has 1 aromatic rings. The minimum Gasteiger partial charge on any atom is -0.480 e. The summed E-state index contributed by atoms with van der Waals surface area (Å²) in [4.78, 5) is 31.9. The first-order chi connectivity index (χ1) is 10.6. The van der Waals surface area contributed by atoms with Gasteiger partial charge in [-0.3, -0.25) is 19.7 Å². The number of thiophene rings is 1. The van der Waals surface area contributed by atoms with Gasteiger partial charge in [0, 0.05) is 26.1 Å². The molecule has 2 N–H and O–H groups in total. The number of nitrogens with zero attached hydrogens (tertiary/aromatic N) is 2. The van der Waals surface area contributed by atoms with Gasteiger partial charge >= 0.3 is 11.0 Å². The lowest BCUT2D eigenvalue weighted by molar-refractivity contribution is -0.380. The van der Waals surface area contributed by atoms with Crippen LogP contribution >= 0.6 is 11.3 Å². The summed E-state index contributed by atoms with van der Waals surface area (Å²) in [5.41, 5.74) is 0. The van der Waals surface area contributed by atoms with Gasteiger partial charge in [0.15, 0.2) is 0 Å². The topological polar surface area (TPSA) is 147 Å². The van der Waals surface area contributed by atoms with E-state index < -0.39 is 32.9 Å². The third-order valence-corrected chi connectivity index (χ3v) is 6.28. The molecule has 0 aromatic carbocycles. The van der Waals surface area contributed by atoms with Gasteiger partial charge in [-0.15, -0.1) is 0 Å². The van der Waals surface area contributed by atoms with E-state index in [2.05, 4.69) is 5.32 Å². The van der Waals surface area contributed by atoms with Gasteiger partial charge in [-0.25, -0.2) is 8.42 Å². The number of carboxylic acid groups (broad SMARTS) is 1. The highest BCUT2D eigenvalue weighted by Crippen LogP contribution is 2.30. The van der Waals surface area contributed by atoms with Crippen LogP contribution in [0.1, 0.15) is 13.8 Å². The van der Waals surface area contributed by atoms with Crippen molar-refractivity contribution in [2.24, 2.45) is 0 Å². The maximum absolute atomic E-state index is 12.5. The highest BCUT2D eigenvalue weighted by molar-refractivity contribution is 7.91. The van der Waals surface area contributed by atoms with Gasteiger partial charge < -0.3 is 10.4 Å². The summed E-state index contributed by atoms with van der Waals surface area (Å²) >= 11 is 0.436. The highest BCUT2D eigenvalue weighted by Gasteiger charge is 2.34. The number of nitro groups is 1. The smallest absolute Gasteiger partial charge is 0.325 e. The van der Waals surface area contributed by atoms with E-state index in [0.29, 0.717) is 15.6 Å². The van der Waals surface area contributed by atoms with Crippen molar-refractivity contribution in [3.8, 4) is 0 Å². The van der Waals surface area contributed by atoms with Gasteiger partial charge in [-0.2, -0.15) is 4.31 Å². The van der Waals surface area contributed by atoms with Crippen LogP contribution in [0, 0.1) is 10.1 Å². The maximum Gasteiger partial charge on any atom is 0.325 e. The van der Waals surface area contributed by atoms with Crippen molar-refractivity contribution in [1.29, 1.82) is 0 Å². The van der Waals surface area contributed by atoms with Crippen molar-refractivity contribution < 1.29 is 28.0 Å². The van der Waals surface area contributed by atoms with Crippen molar-refractivity contribution >= 4 is 38.2 Å². The van der Waals surface area contributed by atoms with Crippen LogP contribution in [0.5, 0.6) is 0 Å². The standard InChI is InChI=1S/C11H15N3O7S2/c1-7(11(16)17)13(6-5-12-8(2)15)23(20,21)10-4-3-9(22-10)14(18)19/h3-4,7H,5-6H2,1-2H3,(H,12,15)(H,16,17). The Bertz CT molecular complexity index is 713. The lowest BCUT2D eigenvalue weighted by atomic mass is 10.3. The Morgan fingerprint density at radius 2 is 2.09 bits per heavy atom. The van der Waals surface area contributed by atoms with Crippen molar-refractivity contribution in [3.63, 3.8) is 0 Å². The zero-order valence-electron chi connectivity index (χ0n) is 12.3. The molecule has 0 saturated carbocycles. The third kappa shape index (κ3) is 4.71. The van der Waals surface area contributed by atoms with Gasteiger partial charge in [0.25, 0.3) is 10.0 Å². The largest absolute Gasteiger partial charge is 0.480 e. The lowest BCUT2D eigenvalue weighted by Gasteiger charge is -2.24. The third-order valence-electron chi connectivity index (χ3n) is 2.81. The van der Waals surface area contributed by atoms with E-state index in [9.17, 15) is 28.1 Å². The Morgan fingerprint density at radius 1 is 1.48 bits per heavy atom. The number of carbonyl (C=O) groups is 2. The second-order valence-corrected chi connectivity index (χ2v) is 7.64. The van der Waals surface area contributed by atoms with Crippen LogP contribution in [-0.2, 0) is 19.6 Å². The van der Waals surface area contributed by atoms with Crippen LogP contribution in [0.2, 0.25) is 0 Å². The first kappa shape index (κ1) is 19.0. The van der Waals surface area contributed by atoms with Crippen LogP contribution in [0.3, 0.4) is 0 Å². The lowest BCUT2D eigenvalue weighted by Crippen LogP contribution is -2.46.